The summed E-state index contributed by atoms with van der Waals surface area (Å²) in [5, 5.41) is 5.99. The summed E-state index contributed by atoms with van der Waals surface area (Å²) in [7, 11) is 0. The predicted octanol–water partition coefficient (Wildman–Crippen LogP) is 6.47. The molecule has 0 spiro atoms. The number of carbonyl (C=O) groups excluding carboxylic acids is 1. The maximum absolute atomic E-state index is 13.2. The second-order valence-electron chi connectivity index (χ2n) is 10.1. The molecule has 2 fully saturated rings. The molecular formula is C24H26Cl2F3N7O. The lowest BCUT2D eigenvalue weighted by molar-refractivity contribution is -0.137. The number of primary amides is 1. The van der Waals surface area contributed by atoms with Crippen LogP contribution in [0.3, 0.4) is 0 Å². The van der Waals surface area contributed by atoms with Crippen LogP contribution in [0.5, 0.6) is 0 Å². The summed E-state index contributed by atoms with van der Waals surface area (Å²) in [6.07, 6.45) is 2.68. The van der Waals surface area contributed by atoms with Gasteiger partial charge in [0.25, 0.3) is 0 Å². The smallest absolute Gasteiger partial charge is 0.369 e. The van der Waals surface area contributed by atoms with Gasteiger partial charge in [0.15, 0.2) is 5.65 Å². The number of rotatable bonds is 6. The van der Waals surface area contributed by atoms with Crippen LogP contribution >= 0.6 is 23.2 Å². The molecule has 37 heavy (non-hydrogen) atoms. The molecule has 1 aromatic carbocycles. The van der Waals surface area contributed by atoms with E-state index in [9.17, 15) is 18.0 Å². The van der Waals surface area contributed by atoms with Gasteiger partial charge >= 0.3 is 6.18 Å². The van der Waals surface area contributed by atoms with E-state index in [4.69, 9.17) is 33.9 Å². The van der Waals surface area contributed by atoms with Crippen LogP contribution < -0.4 is 16.4 Å². The number of amides is 1. The number of carbonyl (C=O) groups is 1. The topological polar surface area (TPSA) is 111 Å². The molecule has 3 aromatic rings. The Morgan fingerprint density at radius 2 is 1.78 bits per heavy atom. The summed E-state index contributed by atoms with van der Waals surface area (Å²) in [5.41, 5.74) is 5.26. The molecule has 198 valence electrons. The third kappa shape index (κ3) is 5.03. The second kappa shape index (κ2) is 9.50. The highest BCUT2D eigenvalue weighted by molar-refractivity contribution is 6.39. The molecule has 8 nitrogen and oxygen atoms in total. The number of alkyl halides is 3. The van der Waals surface area contributed by atoms with E-state index in [-0.39, 0.29) is 27.7 Å². The van der Waals surface area contributed by atoms with Gasteiger partial charge in [0.05, 0.1) is 27.5 Å². The molecule has 1 amide bonds. The zero-order valence-corrected chi connectivity index (χ0v) is 21.5. The van der Waals surface area contributed by atoms with E-state index < -0.39 is 17.2 Å². The largest absolute Gasteiger partial charge is 0.416 e. The Bertz CT molecular complexity index is 1330. The number of nitrogens with zero attached hydrogens (tertiary/aromatic N) is 4. The molecular weight excluding hydrogens is 530 g/mol. The zero-order valence-electron chi connectivity index (χ0n) is 20.0. The third-order valence-corrected chi connectivity index (χ3v) is 8.09. The van der Waals surface area contributed by atoms with Gasteiger partial charge in [0.2, 0.25) is 17.8 Å². The first-order chi connectivity index (χ1) is 17.4. The first kappa shape index (κ1) is 25.8. The van der Waals surface area contributed by atoms with E-state index in [2.05, 4.69) is 20.6 Å². The average molecular weight is 556 g/mol. The average Bonchev–Trinajstić information content (AvgIpc) is 3.15. The molecule has 0 atom stereocenters. The van der Waals surface area contributed by atoms with Crippen molar-refractivity contribution in [3.63, 3.8) is 0 Å². The monoisotopic (exact) mass is 555 g/mol. The molecule has 13 heteroatoms. The van der Waals surface area contributed by atoms with E-state index in [1.165, 1.54) is 0 Å². The highest BCUT2D eigenvalue weighted by Crippen LogP contribution is 2.44. The number of halogens is 5. The molecule has 5 rings (SSSR count). The molecule has 0 bridgehead atoms. The number of nitrogens with one attached hydrogen (secondary N) is 2. The molecule has 0 saturated heterocycles. The van der Waals surface area contributed by atoms with Gasteiger partial charge in [-0.3, -0.25) is 9.36 Å². The Morgan fingerprint density at radius 1 is 1.14 bits per heavy atom. The second-order valence-corrected chi connectivity index (χ2v) is 10.9. The maximum Gasteiger partial charge on any atom is 0.416 e. The number of fused-ring (bicyclic) bond motifs is 1. The summed E-state index contributed by atoms with van der Waals surface area (Å²) in [6, 6.07) is 1.87. The van der Waals surface area contributed by atoms with Crippen LogP contribution in [-0.2, 0) is 11.0 Å². The number of imidazole rings is 1. The van der Waals surface area contributed by atoms with E-state index in [1.54, 1.807) is 6.20 Å². The number of nitrogens with two attached hydrogens (primary N) is 1. The SMILES string of the molecule is CC1(C(N)=O)CCC(n2c(Nc3c(Cl)cc(C(F)(F)F)cc3Cl)nc3cnc(NC4CCC4)nc32)CC1. The highest BCUT2D eigenvalue weighted by atomic mass is 35.5. The highest BCUT2D eigenvalue weighted by Gasteiger charge is 2.38. The van der Waals surface area contributed by atoms with Gasteiger partial charge in [-0.2, -0.15) is 18.2 Å². The molecule has 4 N–H and O–H groups in total. The van der Waals surface area contributed by atoms with Gasteiger partial charge in [-0.1, -0.05) is 30.1 Å². The lowest BCUT2D eigenvalue weighted by atomic mass is 9.73. The fourth-order valence-corrected chi connectivity index (χ4v) is 5.42. The van der Waals surface area contributed by atoms with Crippen molar-refractivity contribution in [1.82, 2.24) is 19.5 Å². The zero-order chi connectivity index (χ0) is 26.5. The van der Waals surface area contributed by atoms with Gasteiger partial charge < -0.3 is 16.4 Å². The summed E-state index contributed by atoms with van der Waals surface area (Å²) >= 11 is 12.5. The van der Waals surface area contributed by atoms with E-state index in [0.717, 1.165) is 31.4 Å². The minimum atomic E-state index is -4.59. The van der Waals surface area contributed by atoms with Crippen molar-refractivity contribution in [1.29, 1.82) is 0 Å². The number of hydrogen-bond donors (Lipinski definition) is 3. The van der Waals surface area contributed by atoms with Crippen molar-refractivity contribution in [3.05, 3.63) is 33.9 Å². The molecule has 2 heterocycles. The van der Waals surface area contributed by atoms with Crippen LogP contribution in [0.1, 0.15) is 63.5 Å². The van der Waals surface area contributed by atoms with Crippen molar-refractivity contribution in [3.8, 4) is 0 Å². The van der Waals surface area contributed by atoms with Crippen LogP contribution in [0.4, 0.5) is 30.8 Å². The minimum absolute atomic E-state index is 0.0987. The van der Waals surface area contributed by atoms with Crippen molar-refractivity contribution < 1.29 is 18.0 Å². The van der Waals surface area contributed by atoms with Crippen LogP contribution in [0, 0.1) is 5.41 Å². The van der Waals surface area contributed by atoms with Crippen LogP contribution in [0.15, 0.2) is 18.3 Å². The van der Waals surface area contributed by atoms with E-state index in [1.807, 2.05) is 11.5 Å². The molecule has 0 radical (unpaired) electrons. The Hall–Kier alpha value is -2.79. The Labute approximate surface area is 221 Å². The summed E-state index contributed by atoms with van der Waals surface area (Å²) < 4.78 is 41.6. The predicted molar refractivity (Wildman–Crippen MR) is 136 cm³/mol. The van der Waals surface area contributed by atoms with Gasteiger partial charge in [-0.25, -0.2) is 9.97 Å². The molecule has 2 aliphatic rings. The number of hydrogen-bond acceptors (Lipinski definition) is 6. The first-order valence-electron chi connectivity index (χ1n) is 12.1. The van der Waals surface area contributed by atoms with E-state index in [0.29, 0.717) is 54.8 Å². The minimum Gasteiger partial charge on any atom is -0.369 e. The molecule has 2 aliphatic carbocycles. The van der Waals surface area contributed by atoms with Gasteiger partial charge in [0, 0.05) is 17.5 Å². The van der Waals surface area contributed by atoms with Crippen LogP contribution in [0.2, 0.25) is 10.0 Å². The number of aromatic nitrogens is 4. The van der Waals surface area contributed by atoms with Crippen LogP contribution in [-0.4, -0.2) is 31.5 Å². The summed E-state index contributed by atoms with van der Waals surface area (Å²) in [5.74, 6) is 0.465. The number of anilines is 3. The fourth-order valence-electron chi connectivity index (χ4n) is 4.84. The van der Waals surface area contributed by atoms with Gasteiger partial charge in [-0.05, 0) is 57.1 Å². The molecule has 2 saturated carbocycles. The summed E-state index contributed by atoms with van der Waals surface area (Å²) in [6.45, 7) is 1.86. The first-order valence-corrected chi connectivity index (χ1v) is 12.8. The standard InChI is InChI=1S/C24H26Cl2F3N7O/c1-23(20(30)37)7-5-14(6-8-23)36-19-17(11-31-21(35-19)32-13-3-2-4-13)33-22(36)34-18-15(25)9-12(10-16(18)26)24(27,28)29/h9-11,13-14H,2-8H2,1H3,(H2,30,37)(H,33,34)(H,31,32,35). The number of benzene rings is 1. The third-order valence-electron chi connectivity index (χ3n) is 7.50. The van der Waals surface area contributed by atoms with Gasteiger partial charge in [-0.15, -0.1) is 0 Å². The van der Waals surface area contributed by atoms with Crippen molar-refractivity contribution in [2.45, 2.75) is 70.1 Å². The maximum atomic E-state index is 13.2. The fraction of sp³-hybridized carbons (Fsp3) is 0.500. The van der Waals surface area contributed by atoms with Crippen molar-refractivity contribution >= 4 is 57.9 Å². The molecule has 2 aromatic heterocycles. The summed E-state index contributed by atoms with van der Waals surface area (Å²) in [4.78, 5) is 25.7. The normalized spacial score (nSPS) is 22.6. The quantitative estimate of drug-likeness (QED) is 0.321. The van der Waals surface area contributed by atoms with Gasteiger partial charge in [0.1, 0.15) is 5.52 Å². The Kier molecular flexibility index (Phi) is 6.64. The van der Waals surface area contributed by atoms with Crippen LogP contribution in [0.25, 0.3) is 11.2 Å². The van der Waals surface area contributed by atoms with Crippen molar-refractivity contribution in [2.24, 2.45) is 11.1 Å². The van der Waals surface area contributed by atoms with Crippen molar-refractivity contribution in [2.75, 3.05) is 10.6 Å². The molecule has 0 unspecified atom stereocenters. The molecule has 0 aliphatic heterocycles. The Balaban J connectivity index is 1.55. The Morgan fingerprint density at radius 3 is 2.32 bits per heavy atom. The lowest BCUT2D eigenvalue weighted by Crippen LogP contribution is -2.38. The van der Waals surface area contributed by atoms with E-state index >= 15 is 0 Å². The lowest BCUT2D eigenvalue weighted by Gasteiger charge is -2.35.